The maximum Gasteiger partial charge on any atom is 0.239 e. The second-order valence-corrected chi connectivity index (χ2v) is 6.67. The van der Waals surface area contributed by atoms with Crippen molar-refractivity contribution in [1.29, 1.82) is 0 Å². The Labute approximate surface area is 148 Å². The molecule has 1 fully saturated rings. The molecule has 0 aliphatic carbocycles. The summed E-state index contributed by atoms with van der Waals surface area (Å²) in [4.78, 5) is 25.2. The van der Waals surface area contributed by atoms with Crippen molar-refractivity contribution in [3.63, 3.8) is 0 Å². The lowest BCUT2D eigenvalue weighted by atomic mass is 10.2. The number of aromatic nitrogens is 2. The highest BCUT2D eigenvalue weighted by molar-refractivity contribution is 7.98. The summed E-state index contributed by atoms with van der Waals surface area (Å²) in [6.07, 6.45) is 5.33. The van der Waals surface area contributed by atoms with E-state index in [-0.39, 0.29) is 5.91 Å². The van der Waals surface area contributed by atoms with Gasteiger partial charge in [0.2, 0.25) is 17.7 Å². The van der Waals surface area contributed by atoms with Crippen molar-refractivity contribution in [2.24, 2.45) is 5.73 Å². The van der Waals surface area contributed by atoms with Gasteiger partial charge in [0, 0.05) is 38.4 Å². The third kappa shape index (κ3) is 5.24. The van der Waals surface area contributed by atoms with E-state index >= 15 is 0 Å². The summed E-state index contributed by atoms with van der Waals surface area (Å²) >= 11 is 1.71. The van der Waals surface area contributed by atoms with Gasteiger partial charge in [-0.3, -0.25) is 4.79 Å². The van der Waals surface area contributed by atoms with Gasteiger partial charge in [0.05, 0.1) is 12.6 Å². The number of hydrogen-bond donors (Lipinski definition) is 1. The quantitative estimate of drug-likeness (QED) is 0.782. The van der Waals surface area contributed by atoms with Crippen molar-refractivity contribution < 1.29 is 9.53 Å². The lowest BCUT2D eigenvalue weighted by Gasteiger charge is -2.24. The fourth-order valence-electron chi connectivity index (χ4n) is 2.65. The van der Waals surface area contributed by atoms with Crippen LogP contribution < -0.4 is 15.4 Å². The van der Waals surface area contributed by atoms with Crippen molar-refractivity contribution >= 4 is 23.6 Å². The number of hydrogen-bond acceptors (Lipinski definition) is 7. The number of nitrogens with zero attached hydrogens (tertiary/aromatic N) is 4. The molecule has 1 amide bonds. The molecule has 0 spiro atoms. The summed E-state index contributed by atoms with van der Waals surface area (Å²) in [6, 6.07) is 1.35. The molecule has 2 rings (SSSR count). The van der Waals surface area contributed by atoms with Gasteiger partial charge in [-0.25, -0.2) is 4.98 Å². The molecule has 134 valence electrons. The van der Waals surface area contributed by atoms with E-state index in [1.807, 2.05) is 18.1 Å². The molecule has 1 aliphatic rings. The summed E-state index contributed by atoms with van der Waals surface area (Å²) in [7, 11) is 0. The smallest absolute Gasteiger partial charge is 0.239 e. The number of carbonyl (C=O) groups excluding carboxylic acids is 1. The second kappa shape index (κ2) is 9.68. The fourth-order valence-corrected chi connectivity index (χ4v) is 3.14. The number of anilines is 1. The average Bonchev–Trinajstić information content (AvgIpc) is 2.85. The van der Waals surface area contributed by atoms with Crippen LogP contribution in [0.3, 0.4) is 0 Å². The van der Waals surface area contributed by atoms with E-state index < -0.39 is 6.04 Å². The van der Waals surface area contributed by atoms with Crippen LogP contribution in [0, 0.1) is 0 Å². The van der Waals surface area contributed by atoms with Gasteiger partial charge in [-0.1, -0.05) is 0 Å². The number of nitrogens with two attached hydrogens (primary N) is 1. The van der Waals surface area contributed by atoms with E-state index in [1.165, 1.54) is 0 Å². The summed E-state index contributed by atoms with van der Waals surface area (Å²) < 4.78 is 5.44. The van der Waals surface area contributed by atoms with Crippen LogP contribution in [0.5, 0.6) is 5.88 Å². The minimum absolute atomic E-state index is 0.0508. The van der Waals surface area contributed by atoms with Crippen LogP contribution in [0.25, 0.3) is 0 Å². The van der Waals surface area contributed by atoms with Crippen molar-refractivity contribution in [1.82, 2.24) is 14.9 Å². The van der Waals surface area contributed by atoms with Gasteiger partial charge < -0.3 is 20.3 Å². The molecule has 7 nitrogen and oxygen atoms in total. The topological polar surface area (TPSA) is 84.6 Å². The van der Waals surface area contributed by atoms with Gasteiger partial charge in [-0.05, 0) is 31.8 Å². The van der Waals surface area contributed by atoms with Crippen molar-refractivity contribution in [2.45, 2.75) is 25.8 Å². The monoisotopic (exact) mass is 353 g/mol. The minimum atomic E-state index is -0.401. The van der Waals surface area contributed by atoms with E-state index in [2.05, 4.69) is 14.9 Å². The SMILES string of the molecule is CCOc1ccnc(N2CCCN(C(=O)C(N)CCSC)CC2)n1. The zero-order valence-electron chi connectivity index (χ0n) is 14.5. The Morgan fingerprint density at radius 2 is 2.25 bits per heavy atom. The summed E-state index contributed by atoms with van der Waals surface area (Å²) in [5.74, 6) is 2.20. The van der Waals surface area contributed by atoms with Gasteiger partial charge in [-0.15, -0.1) is 0 Å². The van der Waals surface area contributed by atoms with Crippen molar-refractivity contribution in [2.75, 3.05) is 49.7 Å². The normalized spacial score (nSPS) is 16.6. The van der Waals surface area contributed by atoms with E-state index in [0.29, 0.717) is 31.5 Å². The molecule has 1 aromatic rings. The molecular formula is C16H27N5O2S. The number of ether oxygens (including phenoxy) is 1. The molecule has 0 aromatic carbocycles. The largest absolute Gasteiger partial charge is 0.478 e. The highest BCUT2D eigenvalue weighted by atomic mass is 32.2. The third-order valence-corrected chi connectivity index (χ3v) is 4.59. The first kappa shape index (κ1) is 18.8. The Morgan fingerprint density at radius 3 is 3.00 bits per heavy atom. The molecule has 8 heteroatoms. The molecule has 1 saturated heterocycles. The minimum Gasteiger partial charge on any atom is -0.478 e. The average molecular weight is 353 g/mol. The molecule has 1 atom stereocenters. The third-order valence-electron chi connectivity index (χ3n) is 3.95. The summed E-state index contributed by atoms with van der Waals surface area (Å²) in [5, 5.41) is 0. The zero-order chi connectivity index (χ0) is 17.4. The lowest BCUT2D eigenvalue weighted by Crippen LogP contribution is -2.45. The Bertz CT molecular complexity index is 531. The predicted octanol–water partition coefficient (Wildman–Crippen LogP) is 0.994. The number of thioether (sulfide) groups is 1. The number of amides is 1. The van der Waals surface area contributed by atoms with Crippen LogP contribution in [0.4, 0.5) is 5.95 Å². The maximum absolute atomic E-state index is 12.5. The predicted molar refractivity (Wildman–Crippen MR) is 97.6 cm³/mol. The van der Waals surface area contributed by atoms with E-state index in [0.717, 1.165) is 31.7 Å². The Balaban J connectivity index is 1.94. The lowest BCUT2D eigenvalue weighted by molar-refractivity contribution is -0.132. The fraction of sp³-hybridized carbons (Fsp3) is 0.688. The molecule has 1 aliphatic heterocycles. The van der Waals surface area contributed by atoms with Crippen LogP contribution in [0.2, 0.25) is 0 Å². The standard InChI is InChI=1S/C16H27N5O2S/c1-3-23-14-5-7-18-16(19-14)21-9-4-8-20(10-11-21)15(22)13(17)6-12-24-2/h5,7,13H,3-4,6,8-12,17H2,1-2H3. The molecule has 1 unspecified atom stereocenters. The highest BCUT2D eigenvalue weighted by Gasteiger charge is 2.24. The second-order valence-electron chi connectivity index (χ2n) is 5.68. The van der Waals surface area contributed by atoms with Gasteiger partial charge in [0.15, 0.2) is 0 Å². The van der Waals surface area contributed by atoms with Gasteiger partial charge in [-0.2, -0.15) is 16.7 Å². The van der Waals surface area contributed by atoms with Crippen LogP contribution in [0.1, 0.15) is 19.8 Å². The first-order valence-corrected chi connectivity index (χ1v) is 9.79. The maximum atomic E-state index is 12.5. The molecule has 1 aromatic heterocycles. The van der Waals surface area contributed by atoms with Crippen LogP contribution >= 0.6 is 11.8 Å². The van der Waals surface area contributed by atoms with Gasteiger partial charge in [0.1, 0.15) is 0 Å². The first-order chi connectivity index (χ1) is 11.7. The molecule has 2 N–H and O–H groups in total. The van der Waals surface area contributed by atoms with Crippen LogP contribution in [0.15, 0.2) is 12.3 Å². The number of carbonyl (C=O) groups is 1. The Morgan fingerprint density at radius 1 is 1.42 bits per heavy atom. The molecule has 2 heterocycles. The van der Waals surface area contributed by atoms with E-state index in [1.54, 1.807) is 24.0 Å². The van der Waals surface area contributed by atoms with Gasteiger partial charge >= 0.3 is 0 Å². The van der Waals surface area contributed by atoms with Crippen molar-refractivity contribution in [3.8, 4) is 5.88 Å². The molecular weight excluding hydrogens is 326 g/mol. The van der Waals surface area contributed by atoms with Crippen LogP contribution in [-0.2, 0) is 4.79 Å². The molecule has 0 radical (unpaired) electrons. The van der Waals surface area contributed by atoms with Crippen LogP contribution in [-0.4, -0.2) is 71.6 Å². The summed E-state index contributed by atoms with van der Waals surface area (Å²) in [6.45, 7) is 5.40. The zero-order valence-corrected chi connectivity index (χ0v) is 15.3. The Hall–Kier alpha value is -1.54. The molecule has 24 heavy (non-hydrogen) atoms. The first-order valence-electron chi connectivity index (χ1n) is 8.39. The summed E-state index contributed by atoms with van der Waals surface area (Å²) in [5.41, 5.74) is 6.02. The molecule has 0 bridgehead atoms. The number of rotatable bonds is 7. The molecule has 0 saturated carbocycles. The highest BCUT2D eigenvalue weighted by Crippen LogP contribution is 2.15. The van der Waals surface area contributed by atoms with Gasteiger partial charge in [0.25, 0.3) is 0 Å². The Kier molecular flexibility index (Phi) is 7.58. The van der Waals surface area contributed by atoms with E-state index in [9.17, 15) is 4.79 Å². The van der Waals surface area contributed by atoms with Crippen molar-refractivity contribution in [3.05, 3.63) is 12.3 Å². The van der Waals surface area contributed by atoms with E-state index in [4.69, 9.17) is 10.5 Å².